The Kier molecular flexibility index (Phi) is 4.44. The van der Waals surface area contributed by atoms with E-state index in [-0.39, 0.29) is 13.0 Å². The Labute approximate surface area is 166 Å². The van der Waals surface area contributed by atoms with E-state index in [9.17, 15) is 8.78 Å². The van der Waals surface area contributed by atoms with Gasteiger partial charge in [0.25, 0.3) is 5.92 Å². The van der Waals surface area contributed by atoms with Crippen molar-refractivity contribution < 1.29 is 8.78 Å². The maximum Gasteiger partial charge on any atom is 0.266 e. The number of tetrazole rings is 1. The van der Waals surface area contributed by atoms with Crippen LogP contribution in [0.2, 0.25) is 0 Å². The molecule has 1 saturated carbocycles. The molecule has 3 aromatic heterocycles. The summed E-state index contributed by atoms with van der Waals surface area (Å²) in [5, 5.41) is 12.9. The van der Waals surface area contributed by atoms with E-state index < -0.39 is 5.92 Å². The highest BCUT2D eigenvalue weighted by molar-refractivity contribution is 5.88. The molecule has 1 saturated heterocycles. The molecular weight excluding hydrogens is 378 g/mol. The van der Waals surface area contributed by atoms with Crippen molar-refractivity contribution in [1.82, 2.24) is 34.7 Å². The van der Waals surface area contributed by atoms with Crippen LogP contribution in [0.5, 0.6) is 0 Å². The maximum absolute atomic E-state index is 13.9. The fraction of sp³-hybridized carbons (Fsp3) is 0.632. The molecule has 0 aromatic carbocycles. The highest BCUT2D eigenvalue weighted by atomic mass is 19.3. The van der Waals surface area contributed by atoms with E-state index in [2.05, 4.69) is 27.4 Å². The van der Waals surface area contributed by atoms with E-state index in [4.69, 9.17) is 4.98 Å². The number of hydrogen-bond acceptors (Lipinski definition) is 6. The summed E-state index contributed by atoms with van der Waals surface area (Å²) < 4.78 is 31.6. The van der Waals surface area contributed by atoms with Crippen LogP contribution in [0.1, 0.15) is 56.7 Å². The Hall–Kier alpha value is -2.65. The monoisotopic (exact) mass is 402 g/mol. The summed E-state index contributed by atoms with van der Waals surface area (Å²) in [6.45, 7) is 2.61. The topological polar surface area (TPSA) is 77.5 Å². The third-order valence-corrected chi connectivity index (χ3v) is 5.63. The van der Waals surface area contributed by atoms with Gasteiger partial charge in [-0.05, 0) is 35.8 Å². The van der Waals surface area contributed by atoms with E-state index in [0.29, 0.717) is 30.8 Å². The number of aryl methyl sites for hydroxylation is 1. The summed E-state index contributed by atoms with van der Waals surface area (Å²) >= 11 is 0. The molecule has 0 unspecified atom stereocenters. The lowest BCUT2D eigenvalue weighted by Gasteiger charge is -2.19. The molecule has 0 N–H and O–H groups in total. The van der Waals surface area contributed by atoms with Crippen molar-refractivity contribution >= 4 is 16.9 Å². The van der Waals surface area contributed by atoms with Crippen molar-refractivity contribution in [2.75, 3.05) is 18.0 Å². The molecule has 0 radical (unpaired) electrons. The lowest BCUT2D eigenvalue weighted by Crippen LogP contribution is -2.26. The highest BCUT2D eigenvalue weighted by Crippen LogP contribution is 2.36. The average molecular weight is 402 g/mol. The lowest BCUT2D eigenvalue weighted by molar-refractivity contribution is 0.0257. The van der Waals surface area contributed by atoms with E-state index in [1.165, 1.54) is 0 Å². The standard InChI is InChI=1S/C19H24F2N8/c1-2-3-4-15-22-17-14(18(23-15)28-10-8-19(20,21)12-28)7-9-27(17)11-16-24-25-26-29(16)13-5-6-13/h7,9,13H,2-6,8,10-12H2,1H3. The SMILES string of the molecule is CCCCc1nc(N2CCC(F)(F)C2)c2ccn(Cc3nnnn3C3CC3)c2n1. The zero-order valence-electron chi connectivity index (χ0n) is 16.4. The van der Waals surface area contributed by atoms with Crippen LogP contribution in [-0.2, 0) is 13.0 Å². The molecule has 3 aromatic rings. The molecule has 1 aliphatic heterocycles. The second-order valence-corrected chi connectivity index (χ2v) is 8.05. The Morgan fingerprint density at radius 2 is 2.10 bits per heavy atom. The number of fused-ring (bicyclic) bond motifs is 1. The zero-order valence-corrected chi connectivity index (χ0v) is 16.4. The Balaban J connectivity index is 1.53. The number of nitrogens with zero attached hydrogens (tertiary/aromatic N) is 8. The van der Waals surface area contributed by atoms with Crippen LogP contribution in [0.15, 0.2) is 12.3 Å². The van der Waals surface area contributed by atoms with Gasteiger partial charge in [0, 0.05) is 25.6 Å². The Morgan fingerprint density at radius 3 is 2.83 bits per heavy atom. The largest absolute Gasteiger partial charge is 0.350 e. The molecule has 10 heteroatoms. The second-order valence-electron chi connectivity index (χ2n) is 8.05. The van der Waals surface area contributed by atoms with Crippen molar-refractivity contribution in [3.8, 4) is 0 Å². The van der Waals surface area contributed by atoms with Crippen molar-refractivity contribution in [3.05, 3.63) is 23.9 Å². The van der Waals surface area contributed by atoms with Gasteiger partial charge in [0.15, 0.2) is 5.82 Å². The molecule has 0 amide bonds. The molecule has 2 fully saturated rings. The predicted molar refractivity (Wildman–Crippen MR) is 103 cm³/mol. The van der Waals surface area contributed by atoms with E-state index >= 15 is 0 Å². The average Bonchev–Trinajstić information content (AvgIpc) is 3.13. The van der Waals surface area contributed by atoms with Crippen molar-refractivity contribution in [3.63, 3.8) is 0 Å². The number of rotatable bonds is 7. The molecule has 8 nitrogen and oxygen atoms in total. The predicted octanol–water partition coefficient (Wildman–Crippen LogP) is 2.99. The van der Waals surface area contributed by atoms with Crippen LogP contribution >= 0.6 is 0 Å². The van der Waals surface area contributed by atoms with Crippen LogP contribution < -0.4 is 4.90 Å². The minimum atomic E-state index is -2.67. The molecule has 0 spiro atoms. The van der Waals surface area contributed by atoms with Crippen LogP contribution in [0.3, 0.4) is 0 Å². The number of unbranched alkanes of at least 4 members (excludes halogenated alkanes) is 1. The number of anilines is 1. The van der Waals surface area contributed by atoms with Gasteiger partial charge in [-0.25, -0.2) is 23.4 Å². The normalized spacial score (nSPS) is 18.8. The molecule has 5 rings (SSSR count). The summed E-state index contributed by atoms with van der Waals surface area (Å²) in [5.74, 6) is -0.575. The van der Waals surface area contributed by atoms with Gasteiger partial charge in [-0.3, -0.25) is 0 Å². The molecule has 154 valence electrons. The Morgan fingerprint density at radius 1 is 1.24 bits per heavy atom. The molecule has 0 atom stereocenters. The summed E-state index contributed by atoms with van der Waals surface area (Å²) in [5.41, 5.74) is 0.752. The highest BCUT2D eigenvalue weighted by Gasteiger charge is 2.39. The number of alkyl halides is 2. The third-order valence-electron chi connectivity index (χ3n) is 5.63. The number of aromatic nitrogens is 7. The first-order valence-electron chi connectivity index (χ1n) is 10.3. The van der Waals surface area contributed by atoms with Crippen molar-refractivity contribution in [2.24, 2.45) is 0 Å². The lowest BCUT2D eigenvalue weighted by atomic mass is 10.2. The molecule has 29 heavy (non-hydrogen) atoms. The van der Waals surface area contributed by atoms with Crippen LogP contribution in [0.4, 0.5) is 14.6 Å². The van der Waals surface area contributed by atoms with Gasteiger partial charge >= 0.3 is 0 Å². The van der Waals surface area contributed by atoms with Crippen LogP contribution in [-0.4, -0.2) is 53.8 Å². The van der Waals surface area contributed by atoms with Crippen LogP contribution in [0.25, 0.3) is 11.0 Å². The quantitative estimate of drug-likeness (QED) is 0.605. The maximum atomic E-state index is 13.9. The first kappa shape index (κ1) is 18.4. The van der Waals surface area contributed by atoms with Gasteiger partial charge in [-0.2, -0.15) is 0 Å². The zero-order chi connectivity index (χ0) is 20.0. The summed E-state index contributed by atoms with van der Waals surface area (Å²) in [4.78, 5) is 11.1. The number of halogens is 2. The molecule has 1 aliphatic carbocycles. The summed E-state index contributed by atoms with van der Waals surface area (Å²) in [7, 11) is 0. The fourth-order valence-corrected chi connectivity index (χ4v) is 3.90. The van der Waals surface area contributed by atoms with Gasteiger partial charge in [-0.1, -0.05) is 13.3 Å². The Bertz CT molecular complexity index is 1020. The van der Waals surface area contributed by atoms with Crippen molar-refractivity contribution in [2.45, 2.75) is 64.0 Å². The first-order valence-corrected chi connectivity index (χ1v) is 10.3. The molecule has 4 heterocycles. The molecular formula is C19H24F2N8. The van der Waals surface area contributed by atoms with Crippen LogP contribution in [0, 0.1) is 0 Å². The van der Waals surface area contributed by atoms with Gasteiger partial charge in [0.2, 0.25) is 0 Å². The summed E-state index contributed by atoms with van der Waals surface area (Å²) in [6.07, 6.45) is 6.70. The van der Waals surface area contributed by atoms with Gasteiger partial charge in [0.1, 0.15) is 17.3 Å². The fourth-order valence-electron chi connectivity index (χ4n) is 3.90. The van der Waals surface area contributed by atoms with E-state index in [1.54, 1.807) is 4.90 Å². The first-order chi connectivity index (χ1) is 14.0. The minimum Gasteiger partial charge on any atom is -0.350 e. The molecule has 2 aliphatic rings. The van der Waals surface area contributed by atoms with Gasteiger partial charge in [0.05, 0.1) is 24.5 Å². The minimum absolute atomic E-state index is 0.139. The van der Waals surface area contributed by atoms with Gasteiger partial charge < -0.3 is 9.47 Å². The van der Waals surface area contributed by atoms with E-state index in [0.717, 1.165) is 49.0 Å². The smallest absolute Gasteiger partial charge is 0.266 e. The van der Waals surface area contributed by atoms with Gasteiger partial charge in [-0.15, -0.1) is 5.10 Å². The van der Waals surface area contributed by atoms with E-state index in [1.807, 2.05) is 21.5 Å². The van der Waals surface area contributed by atoms with Crippen molar-refractivity contribution in [1.29, 1.82) is 0 Å². The summed E-state index contributed by atoms with van der Waals surface area (Å²) in [6, 6.07) is 2.30. The number of hydrogen-bond donors (Lipinski definition) is 0. The second kappa shape index (κ2) is 7.00. The third kappa shape index (κ3) is 3.56. The molecule has 0 bridgehead atoms.